The minimum absolute atomic E-state index is 0.0300. The third-order valence-electron chi connectivity index (χ3n) is 6.65. The highest BCUT2D eigenvalue weighted by atomic mass is 35.5. The summed E-state index contributed by atoms with van der Waals surface area (Å²) in [4.78, 5) is 21.2. The number of nitrogens with zero attached hydrogens (tertiary/aromatic N) is 1. The van der Waals surface area contributed by atoms with Gasteiger partial charge in [-0.05, 0) is 67.8 Å². The highest BCUT2D eigenvalue weighted by Crippen LogP contribution is 2.36. The molecule has 7 nitrogen and oxygen atoms in total. The van der Waals surface area contributed by atoms with E-state index in [1.807, 2.05) is 6.07 Å². The number of carbonyl (C=O) groups is 1. The minimum atomic E-state index is -1.63. The quantitative estimate of drug-likeness (QED) is 0.168. The van der Waals surface area contributed by atoms with Gasteiger partial charge in [-0.3, -0.25) is 4.79 Å². The van der Waals surface area contributed by atoms with E-state index in [1.54, 1.807) is 31.3 Å². The van der Waals surface area contributed by atoms with Crippen LogP contribution in [-0.2, 0) is 16.8 Å². The number of hydrogen-bond acceptors (Lipinski definition) is 4. The molecule has 2 aromatic heterocycles. The lowest BCUT2D eigenvalue weighted by Crippen LogP contribution is -2.23. The molecule has 0 radical (unpaired) electrons. The minimum Gasteiger partial charge on any atom is -0.481 e. The molecule has 10 heteroatoms. The molecule has 1 atom stereocenters. The number of rotatable bonds is 8. The Morgan fingerprint density at radius 3 is 2.67 bits per heavy atom. The van der Waals surface area contributed by atoms with Gasteiger partial charge in [0.25, 0.3) is 0 Å². The molecule has 0 amide bonds. The van der Waals surface area contributed by atoms with E-state index in [-0.39, 0.29) is 41.4 Å². The zero-order chi connectivity index (χ0) is 27.9. The largest absolute Gasteiger partial charge is 0.481 e. The third kappa shape index (κ3) is 5.23. The van der Waals surface area contributed by atoms with E-state index in [4.69, 9.17) is 21.4 Å². The van der Waals surface area contributed by atoms with E-state index in [0.717, 1.165) is 5.39 Å². The Balaban J connectivity index is 1.45. The van der Waals surface area contributed by atoms with E-state index in [0.29, 0.717) is 27.2 Å². The smallest absolute Gasteiger partial charge is 0.303 e. The number of nitrogens with one attached hydrogen (secondary N) is 2. The van der Waals surface area contributed by atoms with Crippen molar-refractivity contribution in [3.05, 3.63) is 100.0 Å². The number of aromatic amines is 2. The predicted molar refractivity (Wildman–Crippen MR) is 143 cm³/mol. The van der Waals surface area contributed by atoms with Gasteiger partial charge >= 0.3 is 5.97 Å². The fourth-order valence-electron chi connectivity index (χ4n) is 4.50. The van der Waals surface area contributed by atoms with Gasteiger partial charge in [0.1, 0.15) is 23.0 Å². The van der Waals surface area contributed by atoms with Crippen molar-refractivity contribution in [2.24, 2.45) is 0 Å². The Hall–Kier alpha value is -4.21. The maximum Gasteiger partial charge on any atom is 0.303 e. The molecular formula is C29H24ClF2N3O4. The van der Waals surface area contributed by atoms with Gasteiger partial charge in [-0.2, -0.15) is 0 Å². The summed E-state index contributed by atoms with van der Waals surface area (Å²) in [5.74, 6) is -1.75. The van der Waals surface area contributed by atoms with Crippen molar-refractivity contribution in [3.63, 3.8) is 0 Å². The molecule has 0 spiro atoms. The summed E-state index contributed by atoms with van der Waals surface area (Å²) in [5, 5.41) is 21.5. The number of imidazole rings is 1. The van der Waals surface area contributed by atoms with Crippen LogP contribution in [0.2, 0.25) is 5.02 Å². The number of aliphatic hydroxyl groups is 1. The van der Waals surface area contributed by atoms with Gasteiger partial charge < -0.3 is 24.9 Å². The number of fused-ring (bicyclic) bond motifs is 1. The molecule has 39 heavy (non-hydrogen) atoms. The Morgan fingerprint density at radius 2 is 1.90 bits per heavy atom. The summed E-state index contributed by atoms with van der Waals surface area (Å²) in [7, 11) is 0. The molecule has 4 N–H and O–H groups in total. The van der Waals surface area contributed by atoms with Gasteiger partial charge in [0, 0.05) is 46.4 Å². The molecule has 0 aliphatic carbocycles. The molecule has 0 bridgehead atoms. The first kappa shape index (κ1) is 26.4. The summed E-state index contributed by atoms with van der Waals surface area (Å²) in [6, 6.07) is 12.0. The monoisotopic (exact) mass is 551 g/mol. The van der Waals surface area contributed by atoms with Gasteiger partial charge in [0.2, 0.25) is 0 Å². The van der Waals surface area contributed by atoms with E-state index in [9.17, 15) is 18.7 Å². The second kappa shape index (κ2) is 10.2. The van der Waals surface area contributed by atoms with E-state index in [1.165, 1.54) is 37.4 Å². The van der Waals surface area contributed by atoms with Crippen LogP contribution in [0, 0.1) is 18.6 Å². The second-order valence-electron chi connectivity index (χ2n) is 9.44. The van der Waals surface area contributed by atoms with E-state index >= 15 is 0 Å². The van der Waals surface area contributed by atoms with Crippen LogP contribution in [0.3, 0.4) is 0 Å². The average molecular weight is 552 g/mol. The normalized spacial score (nSPS) is 13.0. The van der Waals surface area contributed by atoms with Crippen molar-refractivity contribution in [1.82, 2.24) is 15.0 Å². The second-order valence-corrected chi connectivity index (χ2v) is 9.88. The van der Waals surface area contributed by atoms with Gasteiger partial charge in [0.05, 0.1) is 11.3 Å². The first-order valence-electron chi connectivity index (χ1n) is 12.1. The highest BCUT2D eigenvalue weighted by molar-refractivity contribution is 6.30. The summed E-state index contributed by atoms with van der Waals surface area (Å²) >= 11 is 6.23. The first-order valence-corrected chi connectivity index (χ1v) is 12.4. The number of hydrogen-bond donors (Lipinski definition) is 4. The molecule has 1 unspecified atom stereocenters. The molecular weight excluding hydrogens is 528 g/mol. The van der Waals surface area contributed by atoms with Crippen LogP contribution in [0.4, 0.5) is 8.78 Å². The Bertz CT molecular complexity index is 1710. The molecule has 0 aliphatic rings. The fraction of sp³-hybridized carbons (Fsp3) is 0.172. The lowest BCUT2D eigenvalue weighted by atomic mass is 9.91. The zero-order valence-corrected chi connectivity index (χ0v) is 21.7. The summed E-state index contributed by atoms with van der Waals surface area (Å²) in [5.41, 5.74) is 0.898. The number of halogens is 3. The lowest BCUT2D eigenvalue weighted by Gasteiger charge is -2.23. The van der Waals surface area contributed by atoms with Gasteiger partial charge in [-0.1, -0.05) is 17.7 Å². The fourth-order valence-corrected chi connectivity index (χ4v) is 4.76. The zero-order valence-electron chi connectivity index (χ0n) is 21.0. The number of carboxylic acid groups (broad SMARTS) is 1. The molecule has 2 heterocycles. The van der Waals surface area contributed by atoms with Crippen molar-refractivity contribution in [3.8, 4) is 22.9 Å². The topological polar surface area (TPSA) is 111 Å². The van der Waals surface area contributed by atoms with Crippen molar-refractivity contribution >= 4 is 28.5 Å². The maximum atomic E-state index is 14.9. The maximum absolute atomic E-state index is 14.9. The van der Waals surface area contributed by atoms with Crippen LogP contribution in [0.25, 0.3) is 22.3 Å². The molecule has 0 saturated heterocycles. The third-order valence-corrected chi connectivity index (χ3v) is 6.87. The Morgan fingerprint density at radius 1 is 1.10 bits per heavy atom. The van der Waals surface area contributed by atoms with Crippen LogP contribution >= 0.6 is 11.6 Å². The average Bonchev–Trinajstić information content (AvgIpc) is 3.56. The molecule has 0 fully saturated rings. The lowest BCUT2D eigenvalue weighted by molar-refractivity contribution is -0.136. The molecule has 200 valence electrons. The van der Waals surface area contributed by atoms with Gasteiger partial charge in [-0.25, -0.2) is 13.8 Å². The van der Waals surface area contributed by atoms with Crippen LogP contribution in [0.5, 0.6) is 11.5 Å². The number of carboxylic acids is 1. The summed E-state index contributed by atoms with van der Waals surface area (Å²) in [6.45, 7) is 3.25. The number of aromatic nitrogens is 3. The highest BCUT2D eigenvalue weighted by Gasteiger charge is 2.30. The van der Waals surface area contributed by atoms with Crippen molar-refractivity contribution < 1.29 is 28.5 Å². The molecule has 0 aliphatic heterocycles. The number of aryl methyl sites for hydroxylation is 2. The van der Waals surface area contributed by atoms with Crippen LogP contribution in [0.15, 0.2) is 60.9 Å². The first-order chi connectivity index (χ1) is 18.5. The van der Waals surface area contributed by atoms with Crippen LogP contribution in [-0.4, -0.2) is 31.1 Å². The van der Waals surface area contributed by atoms with Crippen molar-refractivity contribution in [2.45, 2.75) is 32.3 Å². The predicted octanol–water partition coefficient (Wildman–Crippen LogP) is 6.86. The number of ether oxygens (including phenoxy) is 1. The molecule has 3 aromatic carbocycles. The SMILES string of the molecule is Cc1c(Oc2ccc(F)c(-c3nc(C(C)(O)c4cc(Cl)cc(CCC(=O)O)c4)c[nH]3)c2)c(F)cc2[nH]ccc12. The number of H-pyrrole nitrogens is 2. The van der Waals surface area contributed by atoms with Gasteiger partial charge in [-0.15, -0.1) is 0 Å². The number of aliphatic carboxylic acids is 1. The summed E-state index contributed by atoms with van der Waals surface area (Å²) < 4.78 is 35.5. The van der Waals surface area contributed by atoms with E-state index < -0.39 is 23.2 Å². The van der Waals surface area contributed by atoms with E-state index in [2.05, 4.69) is 15.0 Å². The Kier molecular flexibility index (Phi) is 6.88. The molecule has 5 aromatic rings. The van der Waals surface area contributed by atoms with Gasteiger partial charge in [0.15, 0.2) is 11.6 Å². The van der Waals surface area contributed by atoms with Crippen molar-refractivity contribution in [1.29, 1.82) is 0 Å². The van der Waals surface area contributed by atoms with Crippen LogP contribution in [0.1, 0.15) is 35.7 Å². The summed E-state index contributed by atoms with van der Waals surface area (Å²) in [6.07, 6.45) is 3.30. The number of benzene rings is 3. The molecule has 5 rings (SSSR count). The van der Waals surface area contributed by atoms with Crippen LogP contribution < -0.4 is 4.74 Å². The molecule has 0 saturated carbocycles. The Labute approximate surface area is 227 Å². The standard InChI is InChI=1S/C29H24ClF2N3O4/c1-15-20-7-8-33-24(20)13-23(32)27(15)39-19-4-5-22(31)21(12-19)28-34-14-25(35-28)29(2,38)17-9-16(3-6-26(36)37)10-18(30)11-17/h4-5,7-14,33,38H,3,6H2,1-2H3,(H,34,35)(H,36,37). The van der Waals surface area contributed by atoms with Crippen molar-refractivity contribution in [2.75, 3.05) is 0 Å².